The molecule has 0 aliphatic carbocycles. The lowest BCUT2D eigenvalue weighted by molar-refractivity contribution is 0.353. The first-order valence-electron chi connectivity index (χ1n) is 7.50. The molecule has 4 nitrogen and oxygen atoms in total. The zero-order valence-corrected chi connectivity index (χ0v) is 11.8. The van der Waals surface area contributed by atoms with Crippen LogP contribution in [0, 0.1) is 0 Å². The van der Waals surface area contributed by atoms with Gasteiger partial charge in [0.15, 0.2) is 0 Å². The molecule has 0 amide bonds. The van der Waals surface area contributed by atoms with E-state index in [1.165, 1.54) is 25.7 Å². The molecule has 2 aliphatic rings. The highest BCUT2D eigenvalue weighted by Crippen LogP contribution is 2.30. The van der Waals surface area contributed by atoms with Crippen LogP contribution in [-0.2, 0) is 0 Å². The summed E-state index contributed by atoms with van der Waals surface area (Å²) in [6.45, 7) is 0. The van der Waals surface area contributed by atoms with Gasteiger partial charge in [0.2, 0.25) is 5.95 Å². The Balaban J connectivity index is 1.61. The average molecular weight is 268 g/mol. The highest BCUT2D eigenvalue weighted by molar-refractivity contribution is 5.78. The van der Waals surface area contributed by atoms with Gasteiger partial charge in [-0.1, -0.05) is 18.2 Å². The van der Waals surface area contributed by atoms with Gasteiger partial charge < -0.3 is 10.2 Å². The number of fused-ring (bicyclic) bond motifs is 3. The zero-order valence-electron chi connectivity index (χ0n) is 11.8. The molecule has 1 aromatic carbocycles. The number of benzene rings is 1. The van der Waals surface area contributed by atoms with Crippen LogP contribution in [0.15, 0.2) is 30.5 Å². The number of para-hydroxylation sites is 1. The third-order valence-electron chi connectivity index (χ3n) is 4.79. The second kappa shape index (κ2) is 4.70. The molecule has 2 aliphatic heterocycles. The van der Waals surface area contributed by atoms with Gasteiger partial charge in [0, 0.05) is 36.8 Å². The van der Waals surface area contributed by atoms with Crippen LogP contribution in [0.25, 0.3) is 10.9 Å². The predicted molar refractivity (Wildman–Crippen MR) is 80.9 cm³/mol. The summed E-state index contributed by atoms with van der Waals surface area (Å²) in [6, 6.07) is 10.1. The highest BCUT2D eigenvalue weighted by atomic mass is 15.3. The number of nitrogens with zero attached hydrogens (tertiary/aromatic N) is 3. The molecule has 2 fully saturated rings. The number of nitrogens with one attached hydrogen (secondary N) is 1. The fraction of sp³-hybridized carbons (Fsp3) is 0.500. The van der Waals surface area contributed by atoms with E-state index in [0.29, 0.717) is 18.1 Å². The molecule has 20 heavy (non-hydrogen) atoms. The van der Waals surface area contributed by atoms with Crippen LogP contribution in [0.1, 0.15) is 25.7 Å². The summed E-state index contributed by atoms with van der Waals surface area (Å²) in [7, 11) is 2.14. The van der Waals surface area contributed by atoms with E-state index in [4.69, 9.17) is 4.98 Å². The lowest BCUT2D eigenvalue weighted by Crippen LogP contribution is -2.47. The van der Waals surface area contributed by atoms with Crippen molar-refractivity contribution >= 4 is 16.9 Å². The maximum Gasteiger partial charge on any atom is 0.225 e. The van der Waals surface area contributed by atoms with Crippen molar-refractivity contribution in [3.63, 3.8) is 0 Å². The van der Waals surface area contributed by atoms with Crippen LogP contribution in [-0.4, -0.2) is 35.1 Å². The van der Waals surface area contributed by atoms with Crippen molar-refractivity contribution in [2.24, 2.45) is 0 Å². The Kier molecular flexibility index (Phi) is 2.84. The van der Waals surface area contributed by atoms with E-state index in [1.807, 2.05) is 18.3 Å². The monoisotopic (exact) mass is 268 g/mol. The molecule has 2 saturated heterocycles. The third-order valence-corrected chi connectivity index (χ3v) is 4.79. The molecular weight excluding hydrogens is 248 g/mol. The maximum atomic E-state index is 4.72. The number of aromatic nitrogens is 2. The van der Waals surface area contributed by atoms with E-state index in [-0.39, 0.29) is 0 Å². The van der Waals surface area contributed by atoms with Crippen molar-refractivity contribution in [1.82, 2.24) is 15.3 Å². The Hall–Kier alpha value is -1.68. The molecule has 0 radical (unpaired) electrons. The highest BCUT2D eigenvalue weighted by Gasteiger charge is 2.35. The molecule has 1 N–H and O–H groups in total. The molecule has 4 rings (SSSR count). The van der Waals surface area contributed by atoms with E-state index >= 15 is 0 Å². The minimum Gasteiger partial charge on any atom is -0.341 e. The third kappa shape index (κ3) is 2.04. The van der Waals surface area contributed by atoms with Gasteiger partial charge in [-0.25, -0.2) is 9.97 Å². The molecule has 0 spiro atoms. The summed E-state index contributed by atoms with van der Waals surface area (Å²) in [4.78, 5) is 11.5. The zero-order chi connectivity index (χ0) is 13.5. The lowest BCUT2D eigenvalue weighted by atomic mass is 9.99. The smallest absolute Gasteiger partial charge is 0.225 e. The Morgan fingerprint density at radius 2 is 1.90 bits per heavy atom. The van der Waals surface area contributed by atoms with Crippen molar-refractivity contribution in [3.8, 4) is 0 Å². The van der Waals surface area contributed by atoms with Gasteiger partial charge in [0.1, 0.15) is 0 Å². The molecule has 2 aromatic rings. The van der Waals surface area contributed by atoms with Crippen LogP contribution < -0.4 is 10.2 Å². The molecule has 2 unspecified atom stereocenters. The Morgan fingerprint density at radius 1 is 1.15 bits per heavy atom. The fourth-order valence-electron chi connectivity index (χ4n) is 3.64. The normalized spacial score (nSPS) is 28.8. The number of hydrogen-bond acceptors (Lipinski definition) is 4. The molecule has 1 aromatic heterocycles. The largest absolute Gasteiger partial charge is 0.341 e. The maximum absolute atomic E-state index is 4.72. The topological polar surface area (TPSA) is 41.1 Å². The van der Waals surface area contributed by atoms with E-state index in [2.05, 4.69) is 34.4 Å². The first-order chi connectivity index (χ1) is 9.79. The van der Waals surface area contributed by atoms with Gasteiger partial charge in [-0.2, -0.15) is 0 Å². The number of rotatable bonds is 2. The molecule has 2 bridgehead atoms. The first-order valence-corrected chi connectivity index (χ1v) is 7.50. The average Bonchev–Trinajstić information content (AvgIpc) is 2.84. The lowest BCUT2D eigenvalue weighted by Gasteiger charge is -2.35. The minimum atomic E-state index is 0.565. The summed E-state index contributed by atoms with van der Waals surface area (Å²) < 4.78 is 0. The Bertz CT molecular complexity index is 615. The molecule has 2 atom stereocenters. The number of piperidine rings is 1. The predicted octanol–water partition coefficient (Wildman–Crippen LogP) is 2.35. The van der Waals surface area contributed by atoms with Crippen molar-refractivity contribution in [2.75, 3.05) is 11.9 Å². The van der Waals surface area contributed by atoms with Crippen molar-refractivity contribution in [2.45, 2.75) is 43.8 Å². The molecule has 104 valence electrons. The van der Waals surface area contributed by atoms with Gasteiger partial charge in [0.25, 0.3) is 0 Å². The van der Waals surface area contributed by atoms with Gasteiger partial charge >= 0.3 is 0 Å². The Labute approximate surface area is 119 Å². The standard InChI is InChI=1S/C16H20N4/c1-20(14-8-12-6-7-13(9-14)18-12)16-17-10-11-4-2-3-5-15(11)19-16/h2-5,10,12-14,18H,6-9H2,1H3. The molecule has 3 heterocycles. The van der Waals surface area contributed by atoms with Crippen LogP contribution in [0.2, 0.25) is 0 Å². The van der Waals surface area contributed by atoms with Crippen LogP contribution >= 0.6 is 0 Å². The van der Waals surface area contributed by atoms with Crippen molar-refractivity contribution in [1.29, 1.82) is 0 Å². The summed E-state index contributed by atoms with van der Waals surface area (Å²) in [5, 5.41) is 4.80. The first kappa shape index (κ1) is 12.1. The van der Waals surface area contributed by atoms with Crippen molar-refractivity contribution < 1.29 is 0 Å². The van der Waals surface area contributed by atoms with E-state index < -0.39 is 0 Å². The second-order valence-corrected chi connectivity index (χ2v) is 6.10. The number of anilines is 1. The summed E-state index contributed by atoms with van der Waals surface area (Å²) in [6.07, 6.45) is 7.01. The van der Waals surface area contributed by atoms with Gasteiger partial charge in [-0.3, -0.25) is 0 Å². The van der Waals surface area contributed by atoms with E-state index in [1.54, 1.807) is 0 Å². The number of hydrogen-bond donors (Lipinski definition) is 1. The van der Waals surface area contributed by atoms with Gasteiger partial charge in [-0.15, -0.1) is 0 Å². The summed E-state index contributed by atoms with van der Waals surface area (Å²) in [5.74, 6) is 0.856. The van der Waals surface area contributed by atoms with Gasteiger partial charge in [-0.05, 0) is 31.7 Å². The Morgan fingerprint density at radius 3 is 2.70 bits per heavy atom. The van der Waals surface area contributed by atoms with E-state index in [9.17, 15) is 0 Å². The summed E-state index contributed by atoms with van der Waals surface area (Å²) >= 11 is 0. The fourth-order valence-corrected chi connectivity index (χ4v) is 3.64. The molecular formula is C16H20N4. The van der Waals surface area contributed by atoms with Gasteiger partial charge in [0.05, 0.1) is 5.52 Å². The van der Waals surface area contributed by atoms with Crippen LogP contribution in [0.3, 0.4) is 0 Å². The molecule has 0 saturated carbocycles. The molecule has 4 heteroatoms. The summed E-state index contributed by atoms with van der Waals surface area (Å²) in [5.41, 5.74) is 1.03. The van der Waals surface area contributed by atoms with Crippen LogP contribution in [0.5, 0.6) is 0 Å². The second-order valence-electron chi connectivity index (χ2n) is 6.10. The van der Waals surface area contributed by atoms with Crippen molar-refractivity contribution in [3.05, 3.63) is 30.5 Å². The SMILES string of the molecule is CN(c1ncc2ccccc2n1)C1CC2CCC(C1)N2. The minimum absolute atomic E-state index is 0.565. The quantitative estimate of drug-likeness (QED) is 0.907. The van der Waals surface area contributed by atoms with Crippen LogP contribution in [0.4, 0.5) is 5.95 Å². The van der Waals surface area contributed by atoms with E-state index in [0.717, 1.165) is 16.9 Å².